The van der Waals surface area contributed by atoms with E-state index in [0.29, 0.717) is 12.2 Å². The van der Waals surface area contributed by atoms with Gasteiger partial charge in [-0.25, -0.2) is 0 Å². The van der Waals surface area contributed by atoms with Crippen LogP contribution in [0, 0.1) is 0 Å². The summed E-state index contributed by atoms with van der Waals surface area (Å²) in [7, 11) is 0. The van der Waals surface area contributed by atoms with Crippen LogP contribution in [0.4, 0.5) is 0 Å². The van der Waals surface area contributed by atoms with Crippen molar-refractivity contribution >= 4 is 6.29 Å². The fourth-order valence-electron chi connectivity index (χ4n) is 2.63. The molecular weight excluding hydrogens is 262 g/mol. The van der Waals surface area contributed by atoms with Gasteiger partial charge in [0.2, 0.25) is 0 Å². The molecule has 1 heterocycles. The lowest BCUT2D eigenvalue weighted by Gasteiger charge is -2.14. The molecule has 3 rings (SSSR count). The first-order valence-corrected chi connectivity index (χ1v) is 7.43. The fourth-order valence-corrected chi connectivity index (χ4v) is 2.63. The second-order valence-electron chi connectivity index (χ2n) is 5.97. The summed E-state index contributed by atoms with van der Waals surface area (Å²) in [6, 6.07) is 12.1. The van der Waals surface area contributed by atoms with Crippen LogP contribution in [0.1, 0.15) is 54.6 Å². The minimum absolute atomic E-state index is 0.169. The molecule has 0 unspecified atom stereocenters. The van der Waals surface area contributed by atoms with E-state index in [0.717, 1.165) is 24.1 Å². The van der Waals surface area contributed by atoms with Crippen LogP contribution in [-0.4, -0.2) is 10.9 Å². The molecule has 0 N–H and O–H groups in total. The lowest BCUT2D eigenvalue weighted by molar-refractivity contribution is 0.112. The summed E-state index contributed by atoms with van der Waals surface area (Å²) in [6.45, 7) is 4.32. The van der Waals surface area contributed by atoms with Crippen molar-refractivity contribution in [1.29, 1.82) is 0 Å². The van der Waals surface area contributed by atoms with Crippen molar-refractivity contribution in [3.8, 4) is 11.3 Å². The molecule has 1 aromatic carbocycles. The van der Waals surface area contributed by atoms with Crippen molar-refractivity contribution in [3.05, 3.63) is 57.9 Å². The number of hydrogen-bond donors (Lipinski definition) is 0. The molecule has 108 valence electrons. The summed E-state index contributed by atoms with van der Waals surface area (Å²) in [5.74, 6) is 0.488. The van der Waals surface area contributed by atoms with Crippen molar-refractivity contribution in [1.82, 2.24) is 4.57 Å². The van der Waals surface area contributed by atoms with Gasteiger partial charge >= 0.3 is 0 Å². The van der Waals surface area contributed by atoms with Crippen LogP contribution in [0.5, 0.6) is 0 Å². The quantitative estimate of drug-likeness (QED) is 0.800. The molecule has 1 aromatic heterocycles. The molecule has 0 spiro atoms. The first-order valence-electron chi connectivity index (χ1n) is 7.43. The van der Waals surface area contributed by atoms with Crippen LogP contribution in [-0.2, 0) is 0 Å². The number of rotatable bonds is 4. The maximum Gasteiger partial charge on any atom is 0.261 e. The van der Waals surface area contributed by atoms with E-state index >= 15 is 0 Å². The Kier molecular flexibility index (Phi) is 3.50. The standard InChI is InChI=1S/C18H19NO2/c1-12(2)13-3-5-14(6-4-13)17-10-7-15(11-20)18(21)19(17)16-8-9-16/h3-7,10-12,16H,8-9H2,1-2H3. The fraction of sp³-hybridized carbons (Fsp3) is 0.333. The molecule has 1 aliphatic carbocycles. The molecule has 2 aromatic rings. The van der Waals surface area contributed by atoms with Gasteiger partial charge in [-0.2, -0.15) is 0 Å². The van der Waals surface area contributed by atoms with Crippen LogP contribution in [0.2, 0.25) is 0 Å². The van der Waals surface area contributed by atoms with Crippen molar-refractivity contribution in [2.45, 2.75) is 38.6 Å². The second kappa shape index (κ2) is 5.32. The number of aldehydes is 1. The molecule has 1 saturated carbocycles. The third-order valence-corrected chi connectivity index (χ3v) is 4.06. The molecule has 1 fully saturated rings. The number of carbonyl (C=O) groups is 1. The van der Waals surface area contributed by atoms with E-state index in [1.54, 1.807) is 10.6 Å². The molecule has 0 aliphatic heterocycles. The smallest absolute Gasteiger partial charge is 0.261 e. The lowest BCUT2D eigenvalue weighted by atomic mass is 10.0. The van der Waals surface area contributed by atoms with E-state index in [9.17, 15) is 9.59 Å². The third-order valence-electron chi connectivity index (χ3n) is 4.06. The summed E-state index contributed by atoms with van der Waals surface area (Å²) >= 11 is 0. The van der Waals surface area contributed by atoms with E-state index in [2.05, 4.69) is 38.1 Å². The Morgan fingerprint density at radius 1 is 1.10 bits per heavy atom. The molecule has 21 heavy (non-hydrogen) atoms. The van der Waals surface area contributed by atoms with Gasteiger partial charge in [0.15, 0.2) is 6.29 Å². The van der Waals surface area contributed by atoms with Gasteiger partial charge in [0.05, 0.1) is 11.3 Å². The number of benzene rings is 1. The first-order chi connectivity index (χ1) is 10.1. The van der Waals surface area contributed by atoms with Gasteiger partial charge in [-0.1, -0.05) is 38.1 Å². The van der Waals surface area contributed by atoms with Gasteiger partial charge in [-0.15, -0.1) is 0 Å². The average Bonchev–Trinajstić information content (AvgIpc) is 3.31. The lowest BCUT2D eigenvalue weighted by Crippen LogP contribution is -2.24. The first kappa shape index (κ1) is 13.8. The Hall–Kier alpha value is -2.16. The Labute approximate surface area is 124 Å². The zero-order valence-corrected chi connectivity index (χ0v) is 12.4. The van der Waals surface area contributed by atoms with Crippen molar-refractivity contribution in [2.24, 2.45) is 0 Å². The summed E-state index contributed by atoms with van der Waals surface area (Å²) in [4.78, 5) is 23.4. The van der Waals surface area contributed by atoms with E-state index in [1.165, 1.54) is 5.56 Å². The zero-order chi connectivity index (χ0) is 15.0. The number of nitrogens with zero attached hydrogens (tertiary/aromatic N) is 1. The predicted octanol–water partition coefficient (Wildman–Crippen LogP) is 3.79. The monoisotopic (exact) mass is 281 g/mol. The molecule has 3 heteroatoms. The van der Waals surface area contributed by atoms with E-state index in [4.69, 9.17) is 0 Å². The predicted molar refractivity (Wildman–Crippen MR) is 83.9 cm³/mol. The highest BCUT2D eigenvalue weighted by Crippen LogP contribution is 2.37. The van der Waals surface area contributed by atoms with Crippen LogP contribution >= 0.6 is 0 Å². The molecule has 0 amide bonds. The summed E-state index contributed by atoms with van der Waals surface area (Å²) < 4.78 is 1.79. The number of pyridine rings is 1. The topological polar surface area (TPSA) is 39.1 Å². The molecule has 0 bridgehead atoms. The second-order valence-corrected chi connectivity index (χ2v) is 5.97. The number of hydrogen-bond acceptors (Lipinski definition) is 2. The van der Waals surface area contributed by atoms with Gasteiger partial charge in [0.1, 0.15) is 0 Å². The van der Waals surface area contributed by atoms with Gasteiger partial charge in [-0.05, 0) is 42.0 Å². The van der Waals surface area contributed by atoms with E-state index in [1.807, 2.05) is 6.07 Å². The van der Waals surface area contributed by atoms with Crippen LogP contribution in [0.15, 0.2) is 41.2 Å². The Morgan fingerprint density at radius 3 is 2.29 bits per heavy atom. The molecule has 3 nitrogen and oxygen atoms in total. The van der Waals surface area contributed by atoms with Crippen LogP contribution < -0.4 is 5.56 Å². The highest BCUT2D eigenvalue weighted by atomic mass is 16.1. The molecule has 0 atom stereocenters. The average molecular weight is 281 g/mol. The maximum atomic E-state index is 12.4. The highest BCUT2D eigenvalue weighted by Gasteiger charge is 2.27. The largest absolute Gasteiger partial charge is 0.305 e. The normalized spacial score (nSPS) is 14.4. The molecular formula is C18H19NO2. The van der Waals surface area contributed by atoms with Crippen molar-refractivity contribution < 1.29 is 4.79 Å². The summed E-state index contributed by atoms with van der Waals surface area (Å²) in [5.41, 5.74) is 3.29. The van der Waals surface area contributed by atoms with Crippen molar-refractivity contribution in [2.75, 3.05) is 0 Å². The van der Waals surface area contributed by atoms with Gasteiger partial charge in [0, 0.05) is 6.04 Å². The van der Waals surface area contributed by atoms with Gasteiger partial charge in [-0.3, -0.25) is 9.59 Å². The van der Waals surface area contributed by atoms with Gasteiger partial charge < -0.3 is 4.57 Å². The zero-order valence-electron chi connectivity index (χ0n) is 12.4. The Bertz CT molecular complexity index is 722. The van der Waals surface area contributed by atoms with Crippen molar-refractivity contribution in [3.63, 3.8) is 0 Å². The summed E-state index contributed by atoms with van der Waals surface area (Å²) in [5, 5.41) is 0. The molecule has 0 saturated heterocycles. The number of carbonyl (C=O) groups excluding carboxylic acids is 1. The van der Waals surface area contributed by atoms with Crippen LogP contribution in [0.25, 0.3) is 11.3 Å². The SMILES string of the molecule is CC(C)c1ccc(-c2ccc(C=O)c(=O)n2C2CC2)cc1. The number of aromatic nitrogens is 1. The molecule has 0 radical (unpaired) electrons. The minimum Gasteiger partial charge on any atom is -0.305 e. The van der Waals surface area contributed by atoms with Crippen LogP contribution in [0.3, 0.4) is 0 Å². The minimum atomic E-state index is -0.169. The maximum absolute atomic E-state index is 12.4. The van der Waals surface area contributed by atoms with E-state index < -0.39 is 0 Å². The summed E-state index contributed by atoms with van der Waals surface area (Å²) in [6.07, 6.45) is 2.67. The van der Waals surface area contributed by atoms with E-state index in [-0.39, 0.29) is 17.2 Å². The Morgan fingerprint density at radius 2 is 1.76 bits per heavy atom. The highest BCUT2D eigenvalue weighted by molar-refractivity contribution is 5.75. The third kappa shape index (κ3) is 2.56. The Balaban J connectivity index is 2.11. The van der Waals surface area contributed by atoms with Gasteiger partial charge in [0.25, 0.3) is 5.56 Å². The molecule has 1 aliphatic rings.